The molecule has 232 valence electrons. The number of alkyl carbamates (subject to hydrolysis) is 1. The van der Waals surface area contributed by atoms with Crippen LogP contribution < -0.4 is 5.32 Å². The van der Waals surface area contributed by atoms with E-state index in [2.05, 4.69) is 39.6 Å². The third-order valence-corrected chi connectivity index (χ3v) is 8.79. The molecule has 0 saturated carbocycles. The number of ether oxygens (including phenoxy) is 2. The predicted octanol–water partition coefficient (Wildman–Crippen LogP) is 5.86. The number of ketones is 1. The lowest BCUT2D eigenvalue weighted by atomic mass is 9.98. The van der Waals surface area contributed by atoms with E-state index in [1.54, 1.807) is 0 Å². The molecular formula is C37H34N4O5. The Labute approximate surface area is 266 Å². The number of likely N-dealkylation sites (tertiary alicyclic amines) is 1. The van der Waals surface area contributed by atoms with Crippen molar-refractivity contribution in [2.75, 3.05) is 19.8 Å². The molecule has 0 bridgehead atoms. The number of carbonyl (C=O) groups is 3. The van der Waals surface area contributed by atoms with Crippen LogP contribution in [0.2, 0.25) is 0 Å². The average Bonchev–Trinajstić information content (AvgIpc) is 3.83. The Morgan fingerprint density at radius 1 is 0.870 bits per heavy atom. The van der Waals surface area contributed by atoms with E-state index in [9.17, 15) is 14.4 Å². The van der Waals surface area contributed by atoms with Gasteiger partial charge in [0.05, 0.1) is 30.3 Å². The van der Waals surface area contributed by atoms with Gasteiger partial charge in [-0.3, -0.25) is 9.59 Å². The molecule has 1 saturated heterocycles. The number of hydrogen-bond acceptors (Lipinski definition) is 6. The zero-order valence-corrected chi connectivity index (χ0v) is 25.2. The highest BCUT2D eigenvalue weighted by atomic mass is 16.5. The van der Waals surface area contributed by atoms with Crippen LogP contribution in [0, 0.1) is 0 Å². The number of H-pyrrole nitrogens is 1. The summed E-state index contributed by atoms with van der Waals surface area (Å²) in [5.41, 5.74) is 6.83. The van der Waals surface area contributed by atoms with Gasteiger partial charge >= 0.3 is 6.09 Å². The SMILES string of the molecule is O=C(N[C@@H](COCc1ccccc1)C(=O)N1CCC[C@H]1C(=O)c1nc2ccccc2[nH]1)OCC1c2ccccc2-c2ccccc21. The van der Waals surface area contributed by atoms with Crippen molar-refractivity contribution in [3.63, 3.8) is 0 Å². The molecule has 2 amide bonds. The van der Waals surface area contributed by atoms with Crippen molar-refractivity contribution < 1.29 is 23.9 Å². The highest BCUT2D eigenvalue weighted by Crippen LogP contribution is 2.44. The number of carbonyl (C=O) groups excluding carboxylic acids is 3. The maximum Gasteiger partial charge on any atom is 0.407 e. The number of imidazole rings is 1. The molecule has 9 nitrogen and oxygen atoms in total. The number of aromatic nitrogens is 2. The van der Waals surface area contributed by atoms with Crippen molar-refractivity contribution in [3.05, 3.63) is 126 Å². The van der Waals surface area contributed by atoms with Crippen molar-refractivity contribution in [1.82, 2.24) is 20.2 Å². The number of hydrogen-bond donors (Lipinski definition) is 2. The first kappa shape index (κ1) is 29.4. The summed E-state index contributed by atoms with van der Waals surface area (Å²) in [5.74, 6) is -0.557. The second-order valence-electron chi connectivity index (χ2n) is 11.7. The molecule has 7 rings (SSSR count). The van der Waals surface area contributed by atoms with Gasteiger partial charge in [-0.1, -0.05) is 91.0 Å². The Hall–Kier alpha value is -5.28. The molecule has 4 aromatic carbocycles. The van der Waals surface area contributed by atoms with Gasteiger partial charge in [0.15, 0.2) is 5.82 Å². The molecule has 1 fully saturated rings. The Kier molecular flexibility index (Phi) is 8.31. The molecule has 2 atom stereocenters. The molecular weight excluding hydrogens is 580 g/mol. The number of Topliss-reactive ketones (excluding diaryl/α,β-unsaturated/α-hetero) is 1. The van der Waals surface area contributed by atoms with Crippen LogP contribution in [0.4, 0.5) is 4.79 Å². The third-order valence-electron chi connectivity index (χ3n) is 8.79. The molecule has 2 aliphatic rings. The molecule has 1 aromatic heterocycles. The van der Waals surface area contributed by atoms with E-state index in [-0.39, 0.29) is 37.3 Å². The number of fused-ring (bicyclic) bond motifs is 4. The molecule has 5 aromatic rings. The predicted molar refractivity (Wildman–Crippen MR) is 173 cm³/mol. The highest BCUT2D eigenvalue weighted by Gasteiger charge is 2.39. The molecule has 9 heteroatoms. The number of nitrogens with zero attached hydrogens (tertiary/aromatic N) is 2. The van der Waals surface area contributed by atoms with Crippen molar-refractivity contribution in [3.8, 4) is 11.1 Å². The van der Waals surface area contributed by atoms with Crippen molar-refractivity contribution in [1.29, 1.82) is 0 Å². The first-order valence-corrected chi connectivity index (χ1v) is 15.6. The zero-order chi connectivity index (χ0) is 31.5. The fourth-order valence-corrected chi connectivity index (χ4v) is 6.56. The molecule has 0 unspecified atom stereocenters. The normalized spacial score (nSPS) is 16.2. The molecule has 46 heavy (non-hydrogen) atoms. The van der Waals surface area contributed by atoms with Gasteiger partial charge in [0.1, 0.15) is 12.6 Å². The van der Waals surface area contributed by atoms with E-state index in [1.165, 1.54) is 4.90 Å². The summed E-state index contributed by atoms with van der Waals surface area (Å²) < 4.78 is 11.7. The lowest BCUT2D eigenvalue weighted by Gasteiger charge is -2.28. The summed E-state index contributed by atoms with van der Waals surface area (Å²) >= 11 is 0. The van der Waals surface area contributed by atoms with Crippen molar-refractivity contribution in [2.45, 2.75) is 37.5 Å². The van der Waals surface area contributed by atoms with Gasteiger partial charge in [-0.15, -0.1) is 0 Å². The minimum absolute atomic E-state index is 0.0834. The van der Waals surface area contributed by atoms with E-state index in [0.29, 0.717) is 24.9 Å². The minimum Gasteiger partial charge on any atom is -0.449 e. The number of rotatable bonds is 10. The first-order valence-electron chi connectivity index (χ1n) is 15.6. The summed E-state index contributed by atoms with van der Waals surface area (Å²) in [7, 11) is 0. The topological polar surface area (TPSA) is 114 Å². The van der Waals surface area contributed by atoms with Gasteiger partial charge in [0.2, 0.25) is 11.7 Å². The van der Waals surface area contributed by atoms with E-state index < -0.39 is 24.1 Å². The average molecular weight is 615 g/mol. The van der Waals surface area contributed by atoms with Gasteiger partial charge in [0, 0.05) is 12.5 Å². The van der Waals surface area contributed by atoms with E-state index in [1.807, 2.05) is 78.9 Å². The van der Waals surface area contributed by atoms with Crippen LogP contribution in [0.15, 0.2) is 103 Å². The third kappa shape index (κ3) is 5.89. The van der Waals surface area contributed by atoms with Gasteiger partial charge in [-0.05, 0) is 52.8 Å². The summed E-state index contributed by atoms with van der Waals surface area (Å²) in [5, 5.41) is 2.76. The quantitative estimate of drug-likeness (QED) is 0.191. The zero-order valence-electron chi connectivity index (χ0n) is 25.2. The van der Waals surface area contributed by atoms with Crippen LogP contribution >= 0.6 is 0 Å². The summed E-state index contributed by atoms with van der Waals surface area (Å²) in [6.07, 6.45) is 0.442. The Balaban J connectivity index is 1.06. The minimum atomic E-state index is -1.05. The Bertz CT molecular complexity index is 1810. The van der Waals surface area contributed by atoms with E-state index >= 15 is 0 Å². The van der Waals surface area contributed by atoms with Gasteiger partial charge in [-0.25, -0.2) is 9.78 Å². The largest absolute Gasteiger partial charge is 0.449 e. The monoisotopic (exact) mass is 614 g/mol. The number of nitrogens with one attached hydrogen (secondary N) is 2. The lowest BCUT2D eigenvalue weighted by Crippen LogP contribution is -2.53. The van der Waals surface area contributed by atoms with Crippen molar-refractivity contribution in [2.24, 2.45) is 0 Å². The van der Waals surface area contributed by atoms with E-state index in [4.69, 9.17) is 9.47 Å². The van der Waals surface area contributed by atoms with Crippen LogP contribution in [0.5, 0.6) is 0 Å². The number of aromatic amines is 1. The van der Waals surface area contributed by atoms with Crippen LogP contribution in [0.25, 0.3) is 22.2 Å². The molecule has 1 aliphatic heterocycles. The standard InChI is InChI=1S/C37H34N4O5/c42-34(35-38-30-17-8-9-18-31(30)39-35)33-19-10-20-41(33)36(43)32(23-45-21-24-11-2-1-3-12-24)40-37(44)46-22-29-27-15-6-4-13-25(27)26-14-5-7-16-28(26)29/h1-9,11-18,29,32-33H,10,19-23H2,(H,38,39)(H,40,44)/t32-,33-/m0/s1. The molecule has 1 aliphatic carbocycles. The molecule has 0 radical (unpaired) electrons. The molecule has 0 spiro atoms. The Morgan fingerprint density at radius 3 is 2.28 bits per heavy atom. The molecule has 2 N–H and O–H groups in total. The maximum atomic E-state index is 14.0. The summed E-state index contributed by atoms with van der Waals surface area (Å²) in [4.78, 5) is 50.0. The van der Waals surface area contributed by atoms with Crippen LogP contribution in [0.3, 0.4) is 0 Å². The molecule has 2 heterocycles. The van der Waals surface area contributed by atoms with Crippen LogP contribution in [-0.4, -0.2) is 64.5 Å². The van der Waals surface area contributed by atoms with E-state index in [0.717, 1.165) is 33.3 Å². The van der Waals surface area contributed by atoms with Gasteiger partial charge < -0.3 is 24.7 Å². The fourth-order valence-electron chi connectivity index (χ4n) is 6.56. The van der Waals surface area contributed by atoms with Crippen molar-refractivity contribution >= 4 is 28.8 Å². The van der Waals surface area contributed by atoms with Gasteiger partial charge in [0.25, 0.3) is 0 Å². The number of benzene rings is 4. The Morgan fingerprint density at radius 2 is 1.54 bits per heavy atom. The lowest BCUT2D eigenvalue weighted by molar-refractivity contribution is -0.135. The highest BCUT2D eigenvalue weighted by molar-refractivity contribution is 6.02. The van der Waals surface area contributed by atoms with Crippen LogP contribution in [0.1, 0.15) is 46.1 Å². The fraction of sp³-hybridized carbons (Fsp3) is 0.243. The summed E-state index contributed by atoms with van der Waals surface area (Å²) in [6.45, 7) is 0.678. The van der Waals surface area contributed by atoms with Crippen LogP contribution in [-0.2, 0) is 20.9 Å². The summed E-state index contributed by atoms with van der Waals surface area (Å²) in [6, 6.07) is 31.5. The maximum absolute atomic E-state index is 14.0. The van der Waals surface area contributed by atoms with Gasteiger partial charge in [-0.2, -0.15) is 0 Å². The second-order valence-corrected chi connectivity index (χ2v) is 11.7. The first-order chi connectivity index (χ1) is 22.6. The smallest absolute Gasteiger partial charge is 0.407 e. The second kappa shape index (κ2) is 13.0. The number of amides is 2. The number of para-hydroxylation sites is 2.